The van der Waals surface area contributed by atoms with E-state index < -0.39 is 0 Å². The van der Waals surface area contributed by atoms with E-state index in [1.54, 1.807) is 11.9 Å². The molecule has 0 radical (unpaired) electrons. The highest BCUT2D eigenvalue weighted by atomic mass is 16.2. The van der Waals surface area contributed by atoms with E-state index in [1.807, 2.05) is 0 Å². The lowest BCUT2D eigenvalue weighted by Gasteiger charge is -2.34. The molecule has 22 heavy (non-hydrogen) atoms. The van der Waals surface area contributed by atoms with Crippen LogP contribution in [-0.2, 0) is 14.4 Å². The highest BCUT2D eigenvalue weighted by molar-refractivity contribution is 5.88. The molecule has 0 spiro atoms. The molecule has 2 rings (SSSR count). The second-order valence-corrected chi connectivity index (χ2v) is 6.24. The number of hydrogen-bond donors (Lipinski definition) is 2. The number of nitrogens with one attached hydrogen (secondary N) is 2. The van der Waals surface area contributed by atoms with Crippen molar-refractivity contribution in [2.75, 3.05) is 20.1 Å². The zero-order valence-corrected chi connectivity index (χ0v) is 13.4. The number of likely N-dealkylation sites (tertiary alicyclic amines) is 1. The maximum atomic E-state index is 12.3. The van der Waals surface area contributed by atoms with E-state index in [0.29, 0.717) is 13.1 Å². The highest BCUT2D eigenvalue weighted by Gasteiger charge is 2.31. The van der Waals surface area contributed by atoms with Gasteiger partial charge in [0.05, 0.1) is 0 Å². The number of piperidine rings is 1. The third-order valence-electron chi connectivity index (χ3n) is 4.74. The SMILES string of the molecule is CNC(=O)[C@@H]1CCCCN1C(=O)CCNC(=O)C1CCCC1. The van der Waals surface area contributed by atoms with Crippen molar-refractivity contribution in [2.45, 2.75) is 57.4 Å². The molecule has 2 aliphatic rings. The molecule has 3 amide bonds. The van der Waals surface area contributed by atoms with Crippen LogP contribution in [0.4, 0.5) is 0 Å². The van der Waals surface area contributed by atoms with Crippen LogP contribution in [0, 0.1) is 5.92 Å². The molecule has 0 bridgehead atoms. The largest absolute Gasteiger partial charge is 0.357 e. The number of likely N-dealkylation sites (N-methyl/N-ethyl adjacent to an activating group) is 1. The van der Waals surface area contributed by atoms with E-state index in [0.717, 1.165) is 44.9 Å². The Morgan fingerprint density at radius 1 is 1.00 bits per heavy atom. The number of carbonyl (C=O) groups is 3. The van der Waals surface area contributed by atoms with E-state index in [4.69, 9.17) is 0 Å². The van der Waals surface area contributed by atoms with E-state index in [1.165, 1.54) is 0 Å². The number of carbonyl (C=O) groups excluding carboxylic acids is 3. The second-order valence-electron chi connectivity index (χ2n) is 6.24. The van der Waals surface area contributed by atoms with Crippen LogP contribution in [0.5, 0.6) is 0 Å². The van der Waals surface area contributed by atoms with Crippen molar-refractivity contribution < 1.29 is 14.4 Å². The molecule has 1 heterocycles. The summed E-state index contributed by atoms with van der Waals surface area (Å²) in [5, 5.41) is 5.49. The Morgan fingerprint density at radius 3 is 2.36 bits per heavy atom. The number of rotatable bonds is 5. The molecule has 1 atom stereocenters. The first-order valence-corrected chi connectivity index (χ1v) is 8.42. The maximum Gasteiger partial charge on any atom is 0.242 e. The van der Waals surface area contributed by atoms with Crippen molar-refractivity contribution >= 4 is 17.7 Å². The van der Waals surface area contributed by atoms with E-state index in [2.05, 4.69) is 10.6 Å². The summed E-state index contributed by atoms with van der Waals surface area (Å²) in [7, 11) is 1.60. The first kappa shape index (κ1) is 16.8. The zero-order valence-electron chi connectivity index (χ0n) is 13.4. The molecule has 1 aliphatic carbocycles. The zero-order chi connectivity index (χ0) is 15.9. The maximum absolute atomic E-state index is 12.3. The summed E-state index contributed by atoms with van der Waals surface area (Å²) in [5.74, 6) is 0.0681. The molecule has 124 valence electrons. The summed E-state index contributed by atoms with van der Waals surface area (Å²) in [6, 6.07) is -0.350. The van der Waals surface area contributed by atoms with Crippen molar-refractivity contribution in [3.8, 4) is 0 Å². The molecular formula is C16H27N3O3. The quantitative estimate of drug-likeness (QED) is 0.789. The van der Waals surface area contributed by atoms with Crippen LogP contribution in [0.15, 0.2) is 0 Å². The van der Waals surface area contributed by atoms with Crippen molar-refractivity contribution in [1.82, 2.24) is 15.5 Å². The average Bonchev–Trinajstić information content (AvgIpc) is 3.08. The Bertz CT molecular complexity index is 419. The van der Waals surface area contributed by atoms with E-state index in [9.17, 15) is 14.4 Å². The van der Waals surface area contributed by atoms with Crippen LogP contribution in [0.2, 0.25) is 0 Å². The standard InChI is InChI=1S/C16H27N3O3/c1-17-16(22)13-8-4-5-11-19(13)14(20)9-10-18-15(21)12-6-2-3-7-12/h12-13H,2-11H2,1H3,(H,17,22)(H,18,21)/t13-/m0/s1. The van der Waals surface area contributed by atoms with E-state index in [-0.39, 0.29) is 36.1 Å². The minimum Gasteiger partial charge on any atom is -0.357 e. The average molecular weight is 309 g/mol. The topological polar surface area (TPSA) is 78.5 Å². The molecule has 1 aliphatic heterocycles. The molecule has 6 heteroatoms. The first-order valence-electron chi connectivity index (χ1n) is 8.42. The van der Waals surface area contributed by atoms with Gasteiger partial charge in [-0.05, 0) is 32.1 Å². The van der Waals surface area contributed by atoms with Gasteiger partial charge < -0.3 is 15.5 Å². The molecule has 0 aromatic carbocycles. The smallest absolute Gasteiger partial charge is 0.242 e. The van der Waals surface area contributed by atoms with Gasteiger partial charge in [-0.2, -0.15) is 0 Å². The monoisotopic (exact) mass is 309 g/mol. The van der Waals surface area contributed by atoms with Crippen LogP contribution < -0.4 is 10.6 Å². The summed E-state index contributed by atoms with van der Waals surface area (Å²) >= 11 is 0. The Morgan fingerprint density at radius 2 is 1.68 bits per heavy atom. The Kier molecular flexibility index (Phi) is 6.21. The van der Waals surface area contributed by atoms with Gasteiger partial charge in [-0.25, -0.2) is 0 Å². The molecule has 1 saturated heterocycles. The Labute approximate surface area is 132 Å². The van der Waals surface area contributed by atoms with Crippen molar-refractivity contribution in [2.24, 2.45) is 5.92 Å². The summed E-state index contributed by atoms with van der Waals surface area (Å²) in [6.45, 7) is 0.999. The second kappa shape index (κ2) is 8.15. The summed E-state index contributed by atoms with van der Waals surface area (Å²) in [5.41, 5.74) is 0. The number of nitrogens with zero attached hydrogens (tertiary/aromatic N) is 1. The number of hydrogen-bond acceptors (Lipinski definition) is 3. The van der Waals surface area contributed by atoms with Gasteiger partial charge in [0.2, 0.25) is 17.7 Å². The van der Waals surface area contributed by atoms with Gasteiger partial charge in [-0.15, -0.1) is 0 Å². The predicted octanol–water partition coefficient (Wildman–Crippen LogP) is 0.810. The van der Waals surface area contributed by atoms with E-state index >= 15 is 0 Å². The van der Waals surface area contributed by atoms with Crippen molar-refractivity contribution in [3.63, 3.8) is 0 Å². The first-order chi connectivity index (χ1) is 10.6. The summed E-state index contributed by atoms with van der Waals surface area (Å²) < 4.78 is 0. The van der Waals surface area contributed by atoms with Gasteiger partial charge >= 0.3 is 0 Å². The Balaban J connectivity index is 1.77. The molecule has 2 fully saturated rings. The van der Waals surface area contributed by atoms with Gasteiger partial charge in [0, 0.05) is 32.5 Å². The van der Waals surface area contributed by atoms with Gasteiger partial charge in [0.1, 0.15) is 6.04 Å². The third-order valence-corrected chi connectivity index (χ3v) is 4.74. The van der Waals surface area contributed by atoms with Crippen LogP contribution in [0.25, 0.3) is 0 Å². The minimum atomic E-state index is -0.350. The molecule has 0 aromatic heterocycles. The molecule has 2 N–H and O–H groups in total. The van der Waals surface area contributed by atoms with Crippen LogP contribution in [-0.4, -0.2) is 48.8 Å². The minimum absolute atomic E-state index is 0.0416. The molecule has 0 aromatic rings. The van der Waals surface area contributed by atoms with Gasteiger partial charge in [0.25, 0.3) is 0 Å². The molecule has 0 unspecified atom stereocenters. The van der Waals surface area contributed by atoms with Crippen molar-refractivity contribution in [3.05, 3.63) is 0 Å². The van der Waals surface area contributed by atoms with Crippen LogP contribution in [0.1, 0.15) is 51.4 Å². The summed E-state index contributed by atoms with van der Waals surface area (Å²) in [6.07, 6.45) is 7.08. The summed E-state index contributed by atoms with van der Waals surface area (Å²) in [4.78, 5) is 37.8. The van der Waals surface area contributed by atoms with Crippen molar-refractivity contribution in [1.29, 1.82) is 0 Å². The fourth-order valence-corrected chi connectivity index (χ4v) is 3.44. The van der Waals surface area contributed by atoms with Crippen LogP contribution >= 0.6 is 0 Å². The predicted molar refractivity (Wildman–Crippen MR) is 83.0 cm³/mol. The lowest BCUT2D eigenvalue weighted by atomic mass is 10.0. The molecule has 6 nitrogen and oxygen atoms in total. The lowest BCUT2D eigenvalue weighted by Crippen LogP contribution is -2.51. The third kappa shape index (κ3) is 4.21. The fraction of sp³-hybridized carbons (Fsp3) is 0.812. The van der Waals surface area contributed by atoms with Crippen LogP contribution in [0.3, 0.4) is 0 Å². The molecular weight excluding hydrogens is 282 g/mol. The molecule has 1 saturated carbocycles. The van der Waals surface area contributed by atoms with Gasteiger partial charge in [-0.3, -0.25) is 14.4 Å². The Hall–Kier alpha value is -1.59. The fourth-order valence-electron chi connectivity index (χ4n) is 3.44. The number of amides is 3. The van der Waals surface area contributed by atoms with Gasteiger partial charge in [0.15, 0.2) is 0 Å². The lowest BCUT2D eigenvalue weighted by molar-refractivity contribution is -0.142. The van der Waals surface area contributed by atoms with Gasteiger partial charge in [-0.1, -0.05) is 12.8 Å². The normalized spacial score (nSPS) is 22.4. The highest BCUT2D eigenvalue weighted by Crippen LogP contribution is 2.24.